The third-order valence-electron chi connectivity index (χ3n) is 4.84. The maximum atomic E-state index is 11.0. The molecular weight excluding hydrogens is 304 g/mol. The highest BCUT2D eigenvalue weighted by molar-refractivity contribution is 5.84. The van der Waals surface area contributed by atoms with Crippen LogP contribution in [0.1, 0.15) is 60.2 Å². The van der Waals surface area contributed by atoms with Crippen molar-refractivity contribution in [2.45, 2.75) is 44.6 Å². The van der Waals surface area contributed by atoms with Gasteiger partial charge in [0.1, 0.15) is 11.6 Å². The molecule has 24 heavy (non-hydrogen) atoms. The Labute approximate surface area is 139 Å². The van der Waals surface area contributed by atoms with Crippen LogP contribution in [0.2, 0.25) is 0 Å². The molecule has 1 aliphatic carbocycles. The Bertz CT molecular complexity index is 872. The van der Waals surface area contributed by atoms with Gasteiger partial charge >= 0.3 is 5.97 Å². The third-order valence-corrected chi connectivity index (χ3v) is 4.84. The Morgan fingerprint density at radius 1 is 1.17 bits per heavy atom. The van der Waals surface area contributed by atoms with Crippen LogP contribution in [0, 0.1) is 0 Å². The zero-order valence-corrected chi connectivity index (χ0v) is 13.4. The molecule has 3 aromatic rings. The molecule has 0 radical (unpaired) electrons. The predicted octanol–water partition coefficient (Wildman–Crippen LogP) is 4.42. The summed E-state index contributed by atoms with van der Waals surface area (Å²) in [4.78, 5) is 15.9. The predicted molar refractivity (Wildman–Crippen MR) is 90.3 cm³/mol. The molecule has 5 nitrogen and oxygen atoms in total. The van der Waals surface area contributed by atoms with Gasteiger partial charge in [-0.15, -0.1) is 0 Å². The first-order valence-corrected chi connectivity index (χ1v) is 8.49. The Morgan fingerprint density at radius 3 is 2.71 bits per heavy atom. The molecule has 0 aliphatic heterocycles. The zero-order chi connectivity index (χ0) is 16.5. The molecule has 4 rings (SSSR count). The maximum absolute atomic E-state index is 11.0. The topological polar surface area (TPSA) is 68.3 Å². The Balaban J connectivity index is 1.75. The van der Waals surface area contributed by atoms with Gasteiger partial charge in [0, 0.05) is 5.92 Å². The van der Waals surface area contributed by atoms with E-state index in [9.17, 15) is 4.79 Å². The van der Waals surface area contributed by atoms with E-state index in [1.165, 1.54) is 38.2 Å². The average Bonchev–Trinajstić information content (AvgIpc) is 3.22. The second-order valence-corrected chi connectivity index (χ2v) is 6.45. The molecule has 2 aromatic heterocycles. The van der Waals surface area contributed by atoms with Crippen LogP contribution in [0.3, 0.4) is 0 Å². The third kappa shape index (κ3) is 2.70. The minimum absolute atomic E-state index is 0.0198. The molecule has 5 heteroatoms. The van der Waals surface area contributed by atoms with Gasteiger partial charge in [-0.05, 0) is 37.1 Å². The summed E-state index contributed by atoms with van der Waals surface area (Å²) in [6.07, 6.45) is 6.14. The summed E-state index contributed by atoms with van der Waals surface area (Å²) in [6.45, 7) is 0.514. The lowest BCUT2D eigenvalue weighted by Gasteiger charge is -2.22. The minimum atomic E-state index is -1.04. The summed E-state index contributed by atoms with van der Waals surface area (Å²) in [7, 11) is 0. The van der Waals surface area contributed by atoms with E-state index in [2.05, 4.69) is 10.6 Å². The number of para-hydroxylation sites is 2. The molecule has 0 saturated heterocycles. The van der Waals surface area contributed by atoms with Crippen molar-refractivity contribution < 1.29 is 14.3 Å². The molecule has 0 amide bonds. The summed E-state index contributed by atoms with van der Waals surface area (Å²) in [5.74, 6) is 1.16. The molecular formula is C19H20N2O3. The van der Waals surface area contributed by atoms with E-state index < -0.39 is 5.97 Å². The molecule has 124 valence electrons. The van der Waals surface area contributed by atoms with Crippen molar-refractivity contribution in [1.82, 2.24) is 9.55 Å². The Kier molecular flexibility index (Phi) is 3.84. The molecule has 0 unspecified atom stereocenters. The van der Waals surface area contributed by atoms with Crippen LogP contribution >= 0.6 is 0 Å². The lowest BCUT2D eigenvalue weighted by molar-refractivity contribution is 0.0660. The molecule has 0 atom stereocenters. The number of nitrogens with zero attached hydrogens (tertiary/aromatic N) is 2. The summed E-state index contributed by atoms with van der Waals surface area (Å²) < 4.78 is 7.65. The summed E-state index contributed by atoms with van der Waals surface area (Å²) in [5.41, 5.74) is 2.06. The number of furan rings is 1. The maximum Gasteiger partial charge on any atom is 0.371 e. The first-order valence-electron chi connectivity index (χ1n) is 8.49. The van der Waals surface area contributed by atoms with E-state index in [0.717, 1.165) is 16.9 Å². The largest absolute Gasteiger partial charge is 0.475 e. The number of rotatable bonds is 4. The number of hydrogen-bond donors (Lipinski definition) is 1. The van der Waals surface area contributed by atoms with Crippen LogP contribution in [-0.4, -0.2) is 20.6 Å². The lowest BCUT2D eigenvalue weighted by Crippen LogP contribution is -2.12. The van der Waals surface area contributed by atoms with Crippen molar-refractivity contribution >= 4 is 17.0 Å². The van der Waals surface area contributed by atoms with Crippen LogP contribution in [0.25, 0.3) is 11.0 Å². The number of hydrogen-bond acceptors (Lipinski definition) is 3. The average molecular weight is 324 g/mol. The van der Waals surface area contributed by atoms with Crippen LogP contribution in [0.5, 0.6) is 0 Å². The standard InChI is InChI=1S/C19H20N2O3/c22-19(23)17-11-10-14(24-17)12-21-16-9-5-4-8-15(16)20-18(21)13-6-2-1-3-7-13/h4-5,8-11,13H,1-3,6-7,12H2,(H,22,23). The number of carbonyl (C=O) groups is 1. The number of benzene rings is 1. The summed E-state index contributed by atoms with van der Waals surface area (Å²) in [5, 5.41) is 9.04. The number of aromatic carboxylic acids is 1. The Morgan fingerprint density at radius 2 is 1.96 bits per heavy atom. The number of carboxylic acid groups (broad SMARTS) is 1. The fraction of sp³-hybridized carbons (Fsp3) is 0.368. The monoisotopic (exact) mass is 324 g/mol. The lowest BCUT2D eigenvalue weighted by atomic mass is 9.88. The van der Waals surface area contributed by atoms with Crippen LogP contribution in [0.15, 0.2) is 40.8 Å². The van der Waals surface area contributed by atoms with Crippen molar-refractivity contribution in [3.63, 3.8) is 0 Å². The van der Waals surface area contributed by atoms with Gasteiger partial charge in [-0.3, -0.25) is 0 Å². The fourth-order valence-electron chi connectivity index (χ4n) is 3.67. The van der Waals surface area contributed by atoms with E-state index >= 15 is 0 Å². The molecule has 1 aliphatic rings. The van der Waals surface area contributed by atoms with E-state index in [4.69, 9.17) is 14.5 Å². The van der Waals surface area contributed by atoms with Crippen molar-refractivity contribution in [3.05, 3.63) is 53.7 Å². The number of fused-ring (bicyclic) bond motifs is 1. The fourth-order valence-corrected chi connectivity index (χ4v) is 3.67. The smallest absolute Gasteiger partial charge is 0.371 e. The minimum Gasteiger partial charge on any atom is -0.475 e. The van der Waals surface area contributed by atoms with Crippen LogP contribution in [0.4, 0.5) is 0 Å². The highest BCUT2D eigenvalue weighted by Crippen LogP contribution is 2.34. The van der Waals surface area contributed by atoms with Gasteiger partial charge < -0.3 is 14.1 Å². The quantitative estimate of drug-likeness (QED) is 0.771. The Hall–Kier alpha value is -2.56. The number of imidazole rings is 1. The SMILES string of the molecule is O=C(O)c1ccc(Cn2c(C3CCCCC3)nc3ccccc32)o1. The van der Waals surface area contributed by atoms with Crippen molar-refractivity contribution in [2.24, 2.45) is 0 Å². The molecule has 1 fully saturated rings. The molecule has 0 spiro atoms. The number of carboxylic acids is 1. The van der Waals surface area contributed by atoms with Crippen molar-refractivity contribution in [2.75, 3.05) is 0 Å². The van der Waals surface area contributed by atoms with Gasteiger partial charge in [-0.2, -0.15) is 0 Å². The van der Waals surface area contributed by atoms with E-state index in [1.54, 1.807) is 6.07 Å². The molecule has 1 aromatic carbocycles. The van der Waals surface area contributed by atoms with Gasteiger partial charge in [0.2, 0.25) is 5.76 Å². The highest BCUT2D eigenvalue weighted by Gasteiger charge is 2.23. The molecule has 2 heterocycles. The van der Waals surface area contributed by atoms with Gasteiger partial charge in [0.05, 0.1) is 17.6 Å². The second kappa shape index (κ2) is 6.15. The van der Waals surface area contributed by atoms with Crippen LogP contribution in [-0.2, 0) is 6.54 Å². The van der Waals surface area contributed by atoms with Gasteiger partial charge in [0.15, 0.2) is 0 Å². The van der Waals surface area contributed by atoms with Crippen molar-refractivity contribution in [1.29, 1.82) is 0 Å². The van der Waals surface area contributed by atoms with E-state index in [1.807, 2.05) is 18.2 Å². The first-order chi connectivity index (χ1) is 11.7. The van der Waals surface area contributed by atoms with Gasteiger partial charge in [-0.25, -0.2) is 9.78 Å². The van der Waals surface area contributed by atoms with Crippen molar-refractivity contribution in [3.8, 4) is 0 Å². The normalized spacial score (nSPS) is 15.8. The second-order valence-electron chi connectivity index (χ2n) is 6.45. The van der Waals surface area contributed by atoms with E-state index in [0.29, 0.717) is 18.2 Å². The number of aromatic nitrogens is 2. The molecule has 1 N–H and O–H groups in total. The summed E-state index contributed by atoms with van der Waals surface area (Å²) >= 11 is 0. The summed E-state index contributed by atoms with van der Waals surface area (Å²) in [6, 6.07) is 11.4. The molecule has 0 bridgehead atoms. The first kappa shape index (κ1) is 15.0. The molecule has 1 saturated carbocycles. The van der Waals surface area contributed by atoms with Crippen LogP contribution < -0.4 is 0 Å². The van der Waals surface area contributed by atoms with E-state index in [-0.39, 0.29) is 5.76 Å². The zero-order valence-electron chi connectivity index (χ0n) is 13.4. The van der Waals surface area contributed by atoms with Gasteiger partial charge in [-0.1, -0.05) is 31.4 Å². The van der Waals surface area contributed by atoms with Gasteiger partial charge in [0.25, 0.3) is 0 Å². The highest BCUT2D eigenvalue weighted by atomic mass is 16.4.